The van der Waals surface area contributed by atoms with Crippen LogP contribution in [0.1, 0.15) is 0 Å². The third-order valence-electron chi connectivity index (χ3n) is 3.63. The lowest BCUT2D eigenvalue weighted by atomic mass is 10.3. The van der Waals surface area contributed by atoms with Crippen molar-refractivity contribution in [2.75, 3.05) is 32.8 Å². The van der Waals surface area contributed by atoms with Crippen molar-refractivity contribution >= 4 is 15.9 Å². The highest BCUT2D eigenvalue weighted by Gasteiger charge is 2.14. The molecule has 8 heteroatoms. The van der Waals surface area contributed by atoms with Gasteiger partial charge in [-0.2, -0.15) is 5.10 Å². The first-order valence-corrected chi connectivity index (χ1v) is 7.84. The van der Waals surface area contributed by atoms with Gasteiger partial charge < -0.3 is 4.74 Å². The number of morpholine rings is 1. The predicted molar refractivity (Wildman–Crippen MR) is 82.7 cm³/mol. The number of aromatic nitrogens is 3. The molecular weight excluding hydrogens is 355 g/mol. The summed E-state index contributed by atoms with van der Waals surface area (Å²) in [6.45, 7) is 4.35. The van der Waals surface area contributed by atoms with Crippen LogP contribution in [-0.2, 0) is 11.3 Å². The second kappa shape index (κ2) is 6.72. The van der Waals surface area contributed by atoms with Crippen molar-refractivity contribution < 1.29 is 9.13 Å². The van der Waals surface area contributed by atoms with Crippen molar-refractivity contribution in [2.45, 2.75) is 6.54 Å². The second-order valence-electron chi connectivity index (χ2n) is 5.06. The van der Waals surface area contributed by atoms with Crippen LogP contribution in [-0.4, -0.2) is 52.1 Å². The van der Waals surface area contributed by atoms with Gasteiger partial charge in [0, 0.05) is 24.1 Å². The van der Waals surface area contributed by atoms with E-state index in [1.807, 2.05) is 0 Å². The molecule has 0 saturated carbocycles. The van der Waals surface area contributed by atoms with E-state index in [0.717, 1.165) is 19.6 Å². The minimum atomic E-state index is -0.468. The maximum Gasteiger partial charge on any atom is 0.350 e. The Kier molecular flexibility index (Phi) is 4.70. The highest BCUT2D eigenvalue weighted by Crippen LogP contribution is 2.17. The summed E-state index contributed by atoms with van der Waals surface area (Å²) in [6, 6.07) is 4.57. The second-order valence-corrected chi connectivity index (χ2v) is 5.97. The average Bonchev–Trinajstić information content (AvgIpc) is 2.87. The summed E-state index contributed by atoms with van der Waals surface area (Å²) in [6.07, 6.45) is 1.36. The normalized spacial score (nSPS) is 16.1. The standard InChI is InChI=1S/C14H16BrFN4O2/c15-11-1-2-13(12(16)9-11)19-10-17-20(14(19)21)4-3-18-5-7-22-8-6-18/h1-2,9-10H,3-8H2. The van der Waals surface area contributed by atoms with E-state index in [0.29, 0.717) is 24.2 Å². The molecule has 1 saturated heterocycles. The highest BCUT2D eigenvalue weighted by molar-refractivity contribution is 9.10. The monoisotopic (exact) mass is 370 g/mol. The summed E-state index contributed by atoms with van der Waals surface area (Å²) in [7, 11) is 0. The Balaban J connectivity index is 1.75. The Labute approximate surface area is 135 Å². The zero-order chi connectivity index (χ0) is 15.5. The molecule has 2 aromatic rings. The summed E-state index contributed by atoms with van der Waals surface area (Å²) in [5, 5.41) is 4.07. The molecule has 3 rings (SSSR count). The Hall–Kier alpha value is -1.51. The van der Waals surface area contributed by atoms with Crippen molar-refractivity contribution in [3.8, 4) is 5.69 Å². The SMILES string of the molecule is O=c1n(-c2ccc(Br)cc2F)cnn1CCN1CCOCC1. The first-order valence-electron chi connectivity index (χ1n) is 7.05. The zero-order valence-electron chi connectivity index (χ0n) is 11.9. The van der Waals surface area contributed by atoms with E-state index in [4.69, 9.17) is 4.74 Å². The summed E-state index contributed by atoms with van der Waals surface area (Å²) < 4.78 is 22.4. The van der Waals surface area contributed by atoms with Gasteiger partial charge in [0.15, 0.2) is 0 Å². The minimum Gasteiger partial charge on any atom is -0.379 e. The van der Waals surface area contributed by atoms with Crippen molar-refractivity contribution in [3.05, 3.63) is 45.3 Å². The van der Waals surface area contributed by atoms with Gasteiger partial charge in [-0.15, -0.1) is 0 Å². The Morgan fingerprint density at radius 1 is 1.27 bits per heavy atom. The fraction of sp³-hybridized carbons (Fsp3) is 0.429. The molecule has 2 heterocycles. The predicted octanol–water partition coefficient (Wildman–Crippen LogP) is 1.27. The number of halogens is 2. The van der Waals surface area contributed by atoms with Gasteiger partial charge in [0.1, 0.15) is 12.1 Å². The van der Waals surface area contributed by atoms with Crippen molar-refractivity contribution in [1.29, 1.82) is 0 Å². The molecule has 118 valence electrons. The van der Waals surface area contributed by atoms with E-state index >= 15 is 0 Å². The van der Waals surface area contributed by atoms with Gasteiger partial charge in [0.05, 0.1) is 25.4 Å². The largest absolute Gasteiger partial charge is 0.379 e. The van der Waals surface area contributed by atoms with Gasteiger partial charge in [-0.3, -0.25) is 4.90 Å². The van der Waals surface area contributed by atoms with Gasteiger partial charge in [0.25, 0.3) is 0 Å². The molecule has 1 aromatic heterocycles. The smallest absolute Gasteiger partial charge is 0.350 e. The maximum atomic E-state index is 14.0. The molecule has 1 aliphatic heterocycles. The third kappa shape index (κ3) is 3.29. The average molecular weight is 371 g/mol. The Morgan fingerprint density at radius 3 is 2.77 bits per heavy atom. The maximum absolute atomic E-state index is 14.0. The van der Waals surface area contributed by atoms with Crippen molar-refractivity contribution in [3.63, 3.8) is 0 Å². The van der Waals surface area contributed by atoms with Crippen LogP contribution in [0.5, 0.6) is 0 Å². The fourth-order valence-corrected chi connectivity index (χ4v) is 2.73. The molecule has 0 unspecified atom stereocenters. The van der Waals surface area contributed by atoms with Gasteiger partial charge in [0.2, 0.25) is 0 Å². The summed E-state index contributed by atoms with van der Waals surface area (Å²) in [5.74, 6) is -0.468. The van der Waals surface area contributed by atoms with Crippen LogP contribution in [0, 0.1) is 5.82 Å². The summed E-state index contributed by atoms with van der Waals surface area (Å²) in [5.41, 5.74) is -0.139. The van der Waals surface area contributed by atoms with Gasteiger partial charge in [-0.25, -0.2) is 18.4 Å². The number of ether oxygens (including phenoxy) is 1. The van der Waals surface area contributed by atoms with E-state index in [2.05, 4.69) is 25.9 Å². The van der Waals surface area contributed by atoms with Gasteiger partial charge in [-0.1, -0.05) is 15.9 Å². The van der Waals surface area contributed by atoms with Crippen molar-refractivity contribution in [2.24, 2.45) is 0 Å². The summed E-state index contributed by atoms with van der Waals surface area (Å²) >= 11 is 3.20. The van der Waals surface area contributed by atoms with Crippen LogP contribution in [0.3, 0.4) is 0 Å². The number of benzene rings is 1. The van der Waals surface area contributed by atoms with E-state index < -0.39 is 5.82 Å². The molecule has 1 aliphatic rings. The third-order valence-corrected chi connectivity index (χ3v) is 4.13. The molecule has 0 atom stereocenters. The molecule has 1 aromatic carbocycles. The van der Waals surface area contributed by atoms with Crippen LogP contribution in [0.25, 0.3) is 5.69 Å². The Bertz CT molecular complexity index is 709. The topological polar surface area (TPSA) is 52.3 Å². The lowest BCUT2D eigenvalue weighted by molar-refractivity contribution is 0.0358. The molecule has 0 spiro atoms. The first-order chi connectivity index (χ1) is 10.6. The van der Waals surface area contributed by atoms with Crippen LogP contribution in [0.2, 0.25) is 0 Å². The summed E-state index contributed by atoms with van der Waals surface area (Å²) in [4.78, 5) is 14.5. The minimum absolute atomic E-state index is 0.200. The van der Waals surface area contributed by atoms with E-state index in [1.54, 1.807) is 12.1 Å². The fourth-order valence-electron chi connectivity index (χ4n) is 2.39. The molecule has 0 bridgehead atoms. The first kappa shape index (κ1) is 15.4. The molecular formula is C14H16BrFN4O2. The van der Waals surface area contributed by atoms with E-state index in [-0.39, 0.29) is 11.4 Å². The molecule has 0 N–H and O–H groups in total. The number of hydrogen-bond acceptors (Lipinski definition) is 4. The Morgan fingerprint density at radius 2 is 2.05 bits per heavy atom. The van der Waals surface area contributed by atoms with Crippen LogP contribution in [0.4, 0.5) is 4.39 Å². The van der Waals surface area contributed by atoms with Crippen LogP contribution >= 0.6 is 15.9 Å². The number of nitrogens with zero attached hydrogens (tertiary/aromatic N) is 4. The molecule has 1 fully saturated rings. The lowest BCUT2D eigenvalue weighted by Crippen LogP contribution is -2.39. The number of rotatable bonds is 4. The molecule has 0 aliphatic carbocycles. The van der Waals surface area contributed by atoms with E-state index in [1.165, 1.54) is 21.6 Å². The molecule has 22 heavy (non-hydrogen) atoms. The molecule has 6 nitrogen and oxygen atoms in total. The number of hydrogen-bond donors (Lipinski definition) is 0. The van der Waals surface area contributed by atoms with Gasteiger partial charge in [-0.05, 0) is 18.2 Å². The van der Waals surface area contributed by atoms with Crippen LogP contribution in [0.15, 0.2) is 33.8 Å². The van der Waals surface area contributed by atoms with Crippen LogP contribution < -0.4 is 5.69 Å². The molecule has 0 amide bonds. The zero-order valence-corrected chi connectivity index (χ0v) is 13.5. The lowest BCUT2D eigenvalue weighted by Gasteiger charge is -2.26. The highest BCUT2D eigenvalue weighted by atomic mass is 79.9. The quantitative estimate of drug-likeness (QED) is 0.813. The van der Waals surface area contributed by atoms with Crippen molar-refractivity contribution in [1.82, 2.24) is 19.2 Å². The molecule has 0 radical (unpaired) electrons. The van der Waals surface area contributed by atoms with E-state index in [9.17, 15) is 9.18 Å². The van der Waals surface area contributed by atoms with Gasteiger partial charge >= 0.3 is 5.69 Å².